The lowest BCUT2D eigenvalue weighted by atomic mass is 10.2. The second-order valence-corrected chi connectivity index (χ2v) is 6.47. The van der Waals surface area contributed by atoms with Crippen LogP contribution in [0.4, 0.5) is 5.95 Å². The van der Waals surface area contributed by atoms with E-state index in [9.17, 15) is 19.8 Å². The number of aliphatic hydroxyl groups is 2. The number of aromatic amines is 1. The van der Waals surface area contributed by atoms with Crippen molar-refractivity contribution in [2.75, 3.05) is 11.9 Å². The fraction of sp³-hybridized carbons (Fsp3) is 0.471. The van der Waals surface area contributed by atoms with Gasteiger partial charge in [-0.3, -0.25) is 19.9 Å². The number of terminal acetylenes is 1. The SMILES string of the molecule is C#Cc1cn([C@H]2C[C@H](O)[C@@H](CO)O2)c2nc(NC(=O)C(C)C)[nH]c(=O)c12. The Morgan fingerprint density at radius 1 is 1.62 bits per heavy atom. The van der Waals surface area contributed by atoms with Gasteiger partial charge in [0.05, 0.1) is 23.7 Å². The van der Waals surface area contributed by atoms with Crippen LogP contribution in [0.3, 0.4) is 0 Å². The lowest BCUT2D eigenvalue weighted by Crippen LogP contribution is -2.24. The maximum absolute atomic E-state index is 12.5. The summed E-state index contributed by atoms with van der Waals surface area (Å²) < 4.78 is 7.17. The number of fused-ring (bicyclic) bond motifs is 1. The van der Waals surface area contributed by atoms with Crippen molar-refractivity contribution in [2.24, 2.45) is 5.92 Å². The molecule has 0 radical (unpaired) electrons. The van der Waals surface area contributed by atoms with Crippen LogP contribution in [0.5, 0.6) is 0 Å². The monoisotopic (exact) mass is 360 g/mol. The Labute approximate surface area is 149 Å². The molecule has 26 heavy (non-hydrogen) atoms. The molecule has 2 aromatic rings. The smallest absolute Gasteiger partial charge is 0.263 e. The number of nitrogens with one attached hydrogen (secondary N) is 2. The van der Waals surface area contributed by atoms with Gasteiger partial charge in [0.25, 0.3) is 5.56 Å². The second-order valence-electron chi connectivity index (χ2n) is 6.47. The van der Waals surface area contributed by atoms with Gasteiger partial charge in [0.2, 0.25) is 11.9 Å². The molecule has 3 rings (SSSR count). The highest BCUT2D eigenvalue weighted by molar-refractivity contribution is 5.91. The van der Waals surface area contributed by atoms with E-state index in [-0.39, 0.29) is 41.8 Å². The first kappa shape index (κ1) is 18.1. The Morgan fingerprint density at radius 2 is 2.35 bits per heavy atom. The quantitative estimate of drug-likeness (QED) is 0.565. The van der Waals surface area contributed by atoms with Crippen molar-refractivity contribution in [3.63, 3.8) is 0 Å². The van der Waals surface area contributed by atoms with E-state index in [1.54, 1.807) is 18.4 Å². The summed E-state index contributed by atoms with van der Waals surface area (Å²) in [5.74, 6) is 1.85. The molecular formula is C17H20N4O5. The van der Waals surface area contributed by atoms with Gasteiger partial charge in [-0.2, -0.15) is 4.98 Å². The number of hydrogen-bond donors (Lipinski definition) is 4. The zero-order valence-electron chi connectivity index (χ0n) is 14.4. The van der Waals surface area contributed by atoms with Gasteiger partial charge < -0.3 is 19.5 Å². The van der Waals surface area contributed by atoms with Crippen molar-refractivity contribution < 1.29 is 19.7 Å². The first-order valence-corrected chi connectivity index (χ1v) is 8.22. The zero-order chi connectivity index (χ0) is 19.0. The van der Waals surface area contributed by atoms with Crippen LogP contribution in [0.15, 0.2) is 11.0 Å². The number of H-pyrrole nitrogens is 1. The third kappa shape index (κ3) is 3.10. The first-order chi connectivity index (χ1) is 12.3. The second kappa shape index (κ2) is 6.92. The predicted molar refractivity (Wildman–Crippen MR) is 93.4 cm³/mol. The molecule has 2 aromatic heterocycles. The average Bonchev–Trinajstić information content (AvgIpc) is 3.14. The molecule has 0 aromatic carbocycles. The maximum atomic E-state index is 12.5. The summed E-state index contributed by atoms with van der Waals surface area (Å²) in [4.78, 5) is 31.2. The number of carbonyl (C=O) groups is 1. The van der Waals surface area contributed by atoms with E-state index < -0.39 is 24.0 Å². The molecule has 1 fully saturated rings. The number of ether oxygens (including phenoxy) is 1. The summed E-state index contributed by atoms with van der Waals surface area (Å²) in [7, 11) is 0. The van der Waals surface area contributed by atoms with Crippen LogP contribution >= 0.6 is 0 Å². The van der Waals surface area contributed by atoms with Crippen LogP contribution in [0.25, 0.3) is 11.0 Å². The van der Waals surface area contributed by atoms with Crippen LogP contribution in [0, 0.1) is 18.3 Å². The van der Waals surface area contributed by atoms with E-state index in [0.29, 0.717) is 5.56 Å². The van der Waals surface area contributed by atoms with Gasteiger partial charge >= 0.3 is 0 Å². The molecule has 1 aliphatic rings. The number of anilines is 1. The number of aliphatic hydroxyl groups excluding tert-OH is 2. The molecule has 0 bridgehead atoms. The number of rotatable bonds is 4. The van der Waals surface area contributed by atoms with Crippen molar-refractivity contribution in [1.29, 1.82) is 0 Å². The van der Waals surface area contributed by atoms with E-state index in [4.69, 9.17) is 11.2 Å². The van der Waals surface area contributed by atoms with Gasteiger partial charge in [0.15, 0.2) is 5.65 Å². The zero-order valence-corrected chi connectivity index (χ0v) is 14.4. The van der Waals surface area contributed by atoms with Crippen LogP contribution in [-0.2, 0) is 9.53 Å². The lowest BCUT2D eigenvalue weighted by Gasteiger charge is -2.14. The summed E-state index contributed by atoms with van der Waals surface area (Å²) in [6.45, 7) is 3.10. The van der Waals surface area contributed by atoms with Gasteiger partial charge in [-0.25, -0.2) is 0 Å². The van der Waals surface area contributed by atoms with Crippen molar-refractivity contribution in [3.8, 4) is 12.3 Å². The molecule has 9 nitrogen and oxygen atoms in total. The molecule has 0 spiro atoms. The molecular weight excluding hydrogens is 340 g/mol. The van der Waals surface area contributed by atoms with E-state index >= 15 is 0 Å². The summed E-state index contributed by atoms with van der Waals surface area (Å²) in [6, 6.07) is 0. The highest BCUT2D eigenvalue weighted by Crippen LogP contribution is 2.32. The van der Waals surface area contributed by atoms with Gasteiger partial charge in [-0.15, -0.1) is 6.42 Å². The molecule has 0 aliphatic carbocycles. The number of hydrogen-bond acceptors (Lipinski definition) is 6. The van der Waals surface area contributed by atoms with E-state index in [0.717, 1.165) is 0 Å². The molecule has 1 saturated heterocycles. The molecule has 3 atom stereocenters. The summed E-state index contributed by atoms with van der Waals surface area (Å²) in [5.41, 5.74) is 0.0654. The number of amides is 1. The topological polar surface area (TPSA) is 129 Å². The van der Waals surface area contributed by atoms with Crippen LogP contribution in [0.1, 0.15) is 32.1 Å². The molecule has 0 unspecified atom stereocenters. The minimum atomic E-state index is -0.848. The Bertz CT molecular complexity index is 939. The van der Waals surface area contributed by atoms with Crippen LogP contribution in [-0.4, -0.2) is 49.5 Å². The Kier molecular flexibility index (Phi) is 4.82. The van der Waals surface area contributed by atoms with Gasteiger partial charge in [0.1, 0.15) is 12.3 Å². The molecule has 1 amide bonds. The Morgan fingerprint density at radius 3 is 2.92 bits per heavy atom. The van der Waals surface area contributed by atoms with E-state index in [1.165, 1.54) is 6.20 Å². The van der Waals surface area contributed by atoms with Gasteiger partial charge in [-0.05, 0) is 0 Å². The fourth-order valence-electron chi connectivity index (χ4n) is 2.86. The van der Waals surface area contributed by atoms with Crippen LogP contribution in [0.2, 0.25) is 0 Å². The fourth-order valence-corrected chi connectivity index (χ4v) is 2.86. The maximum Gasteiger partial charge on any atom is 0.263 e. The van der Waals surface area contributed by atoms with Crippen molar-refractivity contribution in [1.82, 2.24) is 14.5 Å². The lowest BCUT2D eigenvalue weighted by molar-refractivity contribution is -0.118. The average molecular weight is 360 g/mol. The summed E-state index contributed by atoms with van der Waals surface area (Å²) >= 11 is 0. The van der Waals surface area contributed by atoms with Gasteiger partial charge in [-0.1, -0.05) is 19.8 Å². The minimum absolute atomic E-state index is 0.00127. The third-order valence-electron chi connectivity index (χ3n) is 4.30. The normalized spacial score (nSPS) is 22.7. The molecule has 0 saturated carbocycles. The standard InChI is InChI=1S/C17H20N4O5/c1-4-9-6-21(12-5-10(23)11(7-22)26-12)14-13(9)16(25)20-17(18-14)19-15(24)8(2)3/h1,6,8,10-12,22-23H,5,7H2,2-3H3,(H2,18,19,20,24,25)/t10-,11+,12+/m0/s1. The van der Waals surface area contributed by atoms with E-state index in [1.807, 2.05) is 0 Å². The highest BCUT2D eigenvalue weighted by atomic mass is 16.5. The third-order valence-corrected chi connectivity index (χ3v) is 4.30. The highest BCUT2D eigenvalue weighted by Gasteiger charge is 2.35. The molecule has 1 aliphatic heterocycles. The van der Waals surface area contributed by atoms with Gasteiger partial charge in [0, 0.05) is 18.5 Å². The molecule has 9 heteroatoms. The Balaban J connectivity index is 2.09. The number of carbonyl (C=O) groups excluding carboxylic acids is 1. The van der Waals surface area contributed by atoms with E-state index in [2.05, 4.69) is 21.2 Å². The predicted octanol–water partition coefficient (Wildman–Crippen LogP) is -0.0589. The van der Waals surface area contributed by atoms with Crippen molar-refractivity contribution in [3.05, 3.63) is 22.1 Å². The summed E-state index contributed by atoms with van der Waals surface area (Å²) in [5, 5.41) is 22.0. The summed E-state index contributed by atoms with van der Waals surface area (Å²) in [6.07, 6.45) is 5.02. The molecule has 138 valence electrons. The van der Waals surface area contributed by atoms with Crippen molar-refractivity contribution >= 4 is 22.9 Å². The minimum Gasteiger partial charge on any atom is -0.394 e. The molecule has 3 heterocycles. The molecule has 4 N–H and O–H groups in total. The number of aromatic nitrogens is 3. The van der Waals surface area contributed by atoms with Crippen LogP contribution < -0.4 is 10.9 Å². The number of nitrogens with zero attached hydrogens (tertiary/aromatic N) is 2. The largest absolute Gasteiger partial charge is 0.394 e. The first-order valence-electron chi connectivity index (χ1n) is 8.22. The Hall–Kier alpha value is -2.67. The van der Waals surface area contributed by atoms with Crippen molar-refractivity contribution in [2.45, 2.75) is 38.7 Å².